The normalized spacial score (nSPS) is 14.0. The summed E-state index contributed by atoms with van der Waals surface area (Å²) in [6.07, 6.45) is 4.85. The Morgan fingerprint density at radius 2 is 1.81 bits per heavy atom. The van der Waals surface area contributed by atoms with Gasteiger partial charge in [-0.1, -0.05) is 0 Å². The third-order valence-electron chi connectivity index (χ3n) is 2.29. The van der Waals surface area contributed by atoms with Crippen LogP contribution in [0.15, 0.2) is 12.4 Å². The topological polar surface area (TPSA) is 29.0 Å². The smallest absolute Gasteiger partial charge is 1.00 e. The van der Waals surface area contributed by atoms with Crippen molar-refractivity contribution in [2.75, 3.05) is 18.0 Å². The summed E-state index contributed by atoms with van der Waals surface area (Å²) in [5.74, 6) is 0.570. The molecular weight excluding hydrogens is 245 g/mol. The Labute approximate surface area is 135 Å². The molecule has 1 saturated heterocycles. The van der Waals surface area contributed by atoms with E-state index in [0.29, 0.717) is 5.82 Å². The molecule has 0 spiro atoms. The van der Waals surface area contributed by atoms with Crippen LogP contribution in [0.5, 0.6) is 0 Å². The van der Waals surface area contributed by atoms with E-state index in [4.69, 9.17) is 0 Å². The van der Waals surface area contributed by atoms with Crippen molar-refractivity contribution in [2.24, 2.45) is 0 Å². The Morgan fingerprint density at radius 1 is 1.19 bits per heavy atom. The average molecular weight is 255 g/mol. The number of hydrogen-bond acceptors (Lipinski definition) is 3. The van der Waals surface area contributed by atoms with E-state index in [1.165, 1.54) is 6.20 Å². The molecule has 0 unspecified atom stereocenters. The van der Waals surface area contributed by atoms with E-state index in [-0.39, 0.29) is 61.7 Å². The van der Waals surface area contributed by atoms with Crippen LogP contribution in [0.1, 0.15) is 12.8 Å². The molecule has 1 fully saturated rings. The summed E-state index contributed by atoms with van der Waals surface area (Å²) in [5, 5.41) is 0. The maximum Gasteiger partial charge on any atom is 1.00 e. The molecular formula is C8H10BF3KN3. The van der Waals surface area contributed by atoms with Gasteiger partial charge in [0.1, 0.15) is 11.4 Å². The molecule has 0 amide bonds. The maximum absolute atomic E-state index is 12.3. The second-order valence-corrected chi connectivity index (χ2v) is 3.30. The molecule has 0 radical (unpaired) electrons. The maximum atomic E-state index is 12.3. The van der Waals surface area contributed by atoms with Crippen LogP contribution in [-0.4, -0.2) is 30.3 Å². The number of anilines is 1. The van der Waals surface area contributed by atoms with Crippen LogP contribution in [0.2, 0.25) is 0 Å². The van der Waals surface area contributed by atoms with Gasteiger partial charge in [-0.15, -0.1) is 0 Å². The standard InChI is InChI=1S/C8H10BF2N3.FH.K/c10-9(11)7-5-12-6-8(13-7)14-3-1-2-4-14;;/h5-6H,1-4H2;1H;/q;;+1/p-1. The molecule has 1 aromatic heterocycles. The van der Waals surface area contributed by atoms with Crippen molar-refractivity contribution in [1.29, 1.82) is 0 Å². The third kappa shape index (κ3) is 3.99. The van der Waals surface area contributed by atoms with E-state index in [9.17, 15) is 8.63 Å². The van der Waals surface area contributed by atoms with Gasteiger partial charge in [0.2, 0.25) is 0 Å². The molecule has 8 heteroatoms. The van der Waals surface area contributed by atoms with Gasteiger partial charge in [-0.25, -0.2) is 4.98 Å². The van der Waals surface area contributed by atoms with Crippen molar-refractivity contribution in [3.05, 3.63) is 12.4 Å². The van der Waals surface area contributed by atoms with Gasteiger partial charge in [0.05, 0.1) is 6.20 Å². The molecule has 0 saturated carbocycles. The monoisotopic (exact) mass is 255 g/mol. The summed E-state index contributed by atoms with van der Waals surface area (Å²) in [5.41, 5.74) is -0.241. The zero-order valence-corrected chi connectivity index (χ0v) is 12.2. The fourth-order valence-corrected chi connectivity index (χ4v) is 1.57. The Morgan fingerprint density at radius 3 is 2.38 bits per heavy atom. The van der Waals surface area contributed by atoms with Crippen molar-refractivity contribution >= 4 is 18.7 Å². The first-order valence-corrected chi connectivity index (χ1v) is 4.62. The van der Waals surface area contributed by atoms with Gasteiger partial charge in [0.25, 0.3) is 0 Å². The van der Waals surface area contributed by atoms with Gasteiger partial charge in [0.15, 0.2) is 0 Å². The van der Waals surface area contributed by atoms with E-state index >= 15 is 0 Å². The summed E-state index contributed by atoms with van der Waals surface area (Å²) in [7, 11) is -2.54. The molecule has 1 aliphatic rings. The molecule has 0 atom stereocenters. The zero-order chi connectivity index (χ0) is 9.97. The van der Waals surface area contributed by atoms with Crippen molar-refractivity contribution < 1.29 is 64.7 Å². The van der Waals surface area contributed by atoms with Crippen LogP contribution in [0.4, 0.5) is 14.4 Å². The predicted octanol–water partition coefficient (Wildman–Crippen LogP) is -5.28. The van der Waals surface area contributed by atoms with Crippen molar-refractivity contribution in [1.82, 2.24) is 9.97 Å². The summed E-state index contributed by atoms with van der Waals surface area (Å²) in [6, 6.07) is 0. The van der Waals surface area contributed by atoms with Crippen molar-refractivity contribution in [3.8, 4) is 0 Å². The number of hydrogen-bond donors (Lipinski definition) is 0. The van der Waals surface area contributed by atoms with Gasteiger partial charge in [-0.05, 0) is 12.8 Å². The minimum absolute atomic E-state index is 0. The van der Waals surface area contributed by atoms with Crippen LogP contribution in [0.25, 0.3) is 0 Å². The number of rotatable bonds is 2. The molecule has 1 aromatic rings. The Balaban J connectivity index is 0.00000112. The third-order valence-corrected chi connectivity index (χ3v) is 2.29. The Bertz CT molecular complexity index is 323. The fourth-order valence-electron chi connectivity index (χ4n) is 1.57. The second-order valence-electron chi connectivity index (χ2n) is 3.30. The summed E-state index contributed by atoms with van der Waals surface area (Å²) >= 11 is 0. The second kappa shape index (κ2) is 7.65. The molecule has 1 aliphatic heterocycles. The zero-order valence-electron chi connectivity index (χ0n) is 9.04. The molecule has 0 aromatic carbocycles. The summed E-state index contributed by atoms with van der Waals surface area (Å²) in [4.78, 5) is 9.62. The minimum Gasteiger partial charge on any atom is -1.00 e. The van der Waals surface area contributed by atoms with Gasteiger partial charge >= 0.3 is 58.7 Å². The van der Waals surface area contributed by atoms with Gasteiger partial charge < -0.3 is 9.60 Å². The molecule has 3 nitrogen and oxygen atoms in total. The first-order valence-electron chi connectivity index (χ1n) is 4.62. The molecule has 82 valence electrons. The van der Waals surface area contributed by atoms with E-state index in [0.717, 1.165) is 32.1 Å². The van der Waals surface area contributed by atoms with Crippen LogP contribution < -0.4 is 66.6 Å². The van der Waals surface area contributed by atoms with E-state index < -0.39 is 7.27 Å². The van der Waals surface area contributed by atoms with Gasteiger partial charge in [0, 0.05) is 19.3 Å². The van der Waals surface area contributed by atoms with E-state index in [1.807, 2.05) is 4.90 Å². The summed E-state index contributed by atoms with van der Waals surface area (Å²) < 4.78 is 24.6. The molecule has 16 heavy (non-hydrogen) atoms. The van der Waals surface area contributed by atoms with Crippen molar-refractivity contribution in [3.63, 3.8) is 0 Å². The number of halogens is 3. The number of nitrogens with zero attached hydrogens (tertiary/aromatic N) is 3. The SMILES string of the molecule is FB(F)c1cncc(N2CCCC2)n1.[F-].[K+]. The fraction of sp³-hybridized carbons (Fsp3) is 0.500. The predicted molar refractivity (Wildman–Crippen MR) is 51.1 cm³/mol. The van der Waals surface area contributed by atoms with Crippen LogP contribution in [-0.2, 0) is 0 Å². The minimum atomic E-state index is -2.54. The molecule has 0 bridgehead atoms. The first kappa shape index (κ1) is 16.4. The average Bonchev–Trinajstić information content (AvgIpc) is 2.71. The van der Waals surface area contributed by atoms with Crippen molar-refractivity contribution in [2.45, 2.75) is 12.8 Å². The summed E-state index contributed by atoms with van der Waals surface area (Å²) in [6.45, 7) is 1.78. The van der Waals surface area contributed by atoms with Crippen LogP contribution >= 0.6 is 0 Å². The van der Waals surface area contributed by atoms with Gasteiger partial charge in [-0.2, -0.15) is 0 Å². The first-order chi connectivity index (χ1) is 6.77. The molecule has 2 heterocycles. The van der Waals surface area contributed by atoms with Crippen LogP contribution in [0, 0.1) is 0 Å². The molecule has 2 rings (SSSR count). The molecule has 0 N–H and O–H groups in total. The van der Waals surface area contributed by atoms with Crippen LogP contribution in [0.3, 0.4) is 0 Å². The Kier molecular flexibility index (Phi) is 7.83. The quantitative estimate of drug-likeness (QED) is 0.494. The number of aromatic nitrogens is 2. The Hall–Kier alpha value is 0.371. The van der Waals surface area contributed by atoms with Gasteiger partial charge in [-0.3, -0.25) is 13.6 Å². The largest absolute Gasteiger partial charge is 1.00 e. The van der Waals surface area contributed by atoms with E-state index in [2.05, 4.69) is 9.97 Å². The molecule has 0 aliphatic carbocycles. The van der Waals surface area contributed by atoms with E-state index in [1.54, 1.807) is 0 Å².